The second kappa shape index (κ2) is 14.3. The summed E-state index contributed by atoms with van der Waals surface area (Å²) in [6.45, 7) is 4.77. The zero-order chi connectivity index (χ0) is 15.1. The van der Waals surface area contributed by atoms with Crippen LogP contribution in [0.5, 0.6) is 0 Å². The first kappa shape index (κ1) is 20.3. The van der Waals surface area contributed by atoms with Crippen LogP contribution >= 0.6 is 11.8 Å². The SMILES string of the molecule is CCCCCCCCCCCCCCC(C)(CO)SC. The third kappa shape index (κ3) is 12.1. The molecule has 0 aliphatic carbocycles. The van der Waals surface area contributed by atoms with E-state index in [0.29, 0.717) is 6.61 Å². The molecule has 0 fully saturated rings. The zero-order valence-electron chi connectivity index (χ0n) is 14.3. The molecule has 1 unspecified atom stereocenters. The molecular weight excluding hydrogens is 264 g/mol. The van der Waals surface area contributed by atoms with Gasteiger partial charge >= 0.3 is 0 Å². The van der Waals surface area contributed by atoms with Crippen LogP contribution in [0.25, 0.3) is 0 Å². The molecule has 0 aromatic rings. The summed E-state index contributed by atoms with van der Waals surface area (Å²) < 4.78 is 0.0957. The molecule has 0 bridgehead atoms. The Hall–Kier alpha value is 0.310. The van der Waals surface area contributed by atoms with Crippen molar-refractivity contribution in [2.24, 2.45) is 0 Å². The minimum absolute atomic E-state index is 0.0957. The van der Waals surface area contributed by atoms with Crippen LogP contribution in [-0.2, 0) is 0 Å². The Morgan fingerprint density at radius 3 is 1.50 bits per heavy atom. The second-order valence-corrected chi connectivity index (χ2v) is 7.85. The van der Waals surface area contributed by atoms with E-state index in [1.807, 2.05) is 0 Å². The zero-order valence-corrected chi connectivity index (χ0v) is 15.1. The molecule has 0 aromatic carbocycles. The average Bonchev–Trinajstić information content (AvgIpc) is 2.48. The third-order valence-electron chi connectivity index (χ3n) is 4.39. The van der Waals surface area contributed by atoms with Gasteiger partial charge in [-0.15, -0.1) is 0 Å². The summed E-state index contributed by atoms with van der Waals surface area (Å²) in [6, 6.07) is 0. The topological polar surface area (TPSA) is 20.2 Å². The monoisotopic (exact) mass is 302 g/mol. The van der Waals surface area contributed by atoms with Crippen LogP contribution in [0.2, 0.25) is 0 Å². The summed E-state index contributed by atoms with van der Waals surface area (Å²) >= 11 is 1.81. The first-order valence-electron chi connectivity index (χ1n) is 8.84. The predicted octanol–water partition coefficient (Wildman–Crippen LogP) is 6.19. The summed E-state index contributed by atoms with van der Waals surface area (Å²) in [5, 5.41) is 9.34. The lowest BCUT2D eigenvalue weighted by molar-refractivity contribution is 0.247. The van der Waals surface area contributed by atoms with Crippen molar-refractivity contribution in [3.05, 3.63) is 0 Å². The van der Waals surface area contributed by atoms with Gasteiger partial charge < -0.3 is 5.11 Å². The fourth-order valence-electron chi connectivity index (χ4n) is 2.59. The third-order valence-corrected chi connectivity index (χ3v) is 5.71. The first-order valence-corrected chi connectivity index (χ1v) is 10.1. The molecule has 1 atom stereocenters. The number of rotatable bonds is 15. The van der Waals surface area contributed by atoms with Gasteiger partial charge in [0.2, 0.25) is 0 Å². The molecule has 0 aromatic heterocycles. The molecule has 1 nitrogen and oxygen atoms in total. The number of hydrogen-bond acceptors (Lipinski definition) is 2. The maximum absolute atomic E-state index is 9.34. The molecule has 0 spiro atoms. The highest BCUT2D eigenvalue weighted by Gasteiger charge is 2.20. The van der Waals surface area contributed by atoms with E-state index in [0.717, 1.165) is 6.42 Å². The number of aliphatic hydroxyl groups is 1. The largest absolute Gasteiger partial charge is 0.395 e. The molecule has 0 radical (unpaired) electrons. The van der Waals surface area contributed by atoms with Crippen molar-refractivity contribution < 1.29 is 5.11 Å². The van der Waals surface area contributed by atoms with Crippen LogP contribution in [0.4, 0.5) is 0 Å². The number of unbranched alkanes of at least 4 members (excludes halogenated alkanes) is 11. The fourth-order valence-corrected chi connectivity index (χ4v) is 3.06. The van der Waals surface area contributed by atoms with Crippen LogP contribution in [-0.4, -0.2) is 22.7 Å². The molecule has 0 aliphatic heterocycles. The van der Waals surface area contributed by atoms with Crippen molar-refractivity contribution >= 4 is 11.8 Å². The van der Waals surface area contributed by atoms with E-state index in [2.05, 4.69) is 20.1 Å². The Morgan fingerprint density at radius 2 is 1.15 bits per heavy atom. The van der Waals surface area contributed by atoms with E-state index in [9.17, 15) is 5.11 Å². The van der Waals surface area contributed by atoms with E-state index in [1.165, 1.54) is 77.0 Å². The van der Waals surface area contributed by atoms with Gasteiger partial charge in [0.1, 0.15) is 0 Å². The molecule has 20 heavy (non-hydrogen) atoms. The lowest BCUT2D eigenvalue weighted by atomic mass is 10.0. The van der Waals surface area contributed by atoms with Crippen LogP contribution in [0, 0.1) is 0 Å². The quantitative estimate of drug-likeness (QED) is 0.364. The van der Waals surface area contributed by atoms with E-state index in [4.69, 9.17) is 0 Å². The molecule has 0 saturated heterocycles. The highest BCUT2D eigenvalue weighted by Crippen LogP contribution is 2.28. The summed E-state index contributed by atoms with van der Waals surface area (Å²) in [5.41, 5.74) is 0. The molecule has 0 heterocycles. The van der Waals surface area contributed by atoms with Gasteiger partial charge in [-0.25, -0.2) is 0 Å². The van der Waals surface area contributed by atoms with Crippen molar-refractivity contribution in [1.29, 1.82) is 0 Å². The Bertz CT molecular complexity index is 190. The summed E-state index contributed by atoms with van der Waals surface area (Å²) in [6.07, 6.45) is 20.1. The van der Waals surface area contributed by atoms with E-state index >= 15 is 0 Å². The van der Waals surface area contributed by atoms with E-state index in [-0.39, 0.29) is 4.75 Å². The summed E-state index contributed by atoms with van der Waals surface area (Å²) in [4.78, 5) is 0. The van der Waals surface area contributed by atoms with Crippen LogP contribution < -0.4 is 0 Å². The predicted molar refractivity (Wildman–Crippen MR) is 94.7 cm³/mol. The van der Waals surface area contributed by atoms with Gasteiger partial charge in [0.25, 0.3) is 0 Å². The molecule has 0 rings (SSSR count). The van der Waals surface area contributed by atoms with Crippen molar-refractivity contribution in [3.8, 4) is 0 Å². The van der Waals surface area contributed by atoms with Gasteiger partial charge in [-0.05, 0) is 19.6 Å². The van der Waals surface area contributed by atoms with Crippen LogP contribution in [0.3, 0.4) is 0 Å². The fraction of sp³-hybridized carbons (Fsp3) is 1.00. The Morgan fingerprint density at radius 1 is 0.750 bits per heavy atom. The first-order chi connectivity index (χ1) is 9.68. The average molecular weight is 303 g/mol. The van der Waals surface area contributed by atoms with Crippen LogP contribution in [0.1, 0.15) is 97.3 Å². The van der Waals surface area contributed by atoms with Crippen LogP contribution in [0.15, 0.2) is 0 Å². The normalized spacial score (nSPS) is 14.4. The van der Waals surface area contributed by atoms with Gasteiger partial charge in [0.05, 0.1) is 6.61 Å². The lowest BCUT2D eigenvalue weighted by Gasteiger charge is -2.24. The van der Waals surface area contributed by atoms with Gasteiger partial charge in [-0.2, -0.15) is 11.8 Å². The van der Waals surface area contributed by atoms with Gasteiger partial charge in [0, 0.05) is 4.75 Å². The van der Waals surface area contributed by atoms with E-state index in [1.54, 1.807) is 11.8 Å². The summed E-state index contributed by atoms with van der Waals surface area (Å²) in [5.74, 6) is 0. The van der Waals surface area contributed by atoms with Gasteiger partial charge in [-0.1, -0.05) is 84.0 Å². The standard InChI is InChI=1S/C18H38OS/c1-4-5-6-7-8-9-10-11-12-13-14-15-16-18(2,17-19)20-3/h19H,4-17H2,1-3H3. The lowest BCUT2D eigenvalue weighted by Crippen LogP contribution is -2.24. The Labute approximate surface area is 132 Å². The minimum atomic E-state index is 0.0957. The van der Waals surface area contributed by atoms with Crippen molar-refractivity contribution in [3.63, 3.8) is 0 Å². The van der Waals surface area contributed by atoms with Gasteiger partial charge in [0.15, 0.2) is 0 Å². The second-order valence-electron chi connectivity index (χ2n) is 6.45. The van der Waals surface area contributed by atoms with Gasteiger partial charge in [-0.3, -0.25) is 0 Å². The minimum Gasteiger partial charge on any atom is -0.395 e. The highest BCUT2D eigenvalue weighted by molar-refractivity contribution is 8.00. The van der Waals surface area contributed by atoms with Crippen molar-refractivity contribution in [2.45, 2.75) is 102 Å². The highest BCUT2D eigenvalue weighted by atomic mass is 32.2. The number of hydrogen-bond donors (Lipinski definition) is 1. The maximum atomic E-state index is 9.34. The van der Waals surface area contributed by atoms with Crippen molar-refractivity contribution in [1.82, 2.24) is 0 Å². The van der Waals surface area contributed by atoms with E-state index < -0.39 is 0 Å². The molecule has 122 valence electrons. The molecule has 0 aliphatic rings. The molecular formula is C18H38OS. The molecule has 1 N–H and O–H groups in total. The molecule has 0 amide bonds. The molecule has 2 heteroatoms. The van der Waals surface area contributed by atoms with Crippen molar-refractivity contribution in [2.75, 3.05) is 12.9 Å². The summed E-state index contributed by atoms with van der Waals surface area (Å²) in [7, 11) is 0. The smallest absolute Gasteiger partial charge is 0.0575 e. The number of aliphatic hydroxyl groups excluding tert-OH is 1. The molecule has 0 saturated carbocycles. The maximum Gasteiger partial charge on any atom is 0.0575 e. The Balaban J connectivity index is 3.17. The number of thioether (sulfide) groups is 1. The Kier molecular flexibility index (Phi) is 14.5.